The molecule has 1 aliphatic rings. The van der Waals surface area contributed by atoms with E-state index < -0.39 is 10.0 Å². The second-order valence-corrected chi connectivity index (χ2v) is 11.8. The molecule has 1 fully saturated rings. The van der Waals surface area contributed by atoms with Crippen LogP contribution in [0.4, 0.5) is 5.13 Å². The minimum Gasteiger partial charge on any atom is -0.497 e. The SMILES string of the molecule is COc1ccc(S(=O)(=O)N2CCC(C(=O)N(Cc3ccco3)c3nc4ccc(Cl)cc4s3)CC2)cc1. The molecule has 4 aromatic rings. The molecule has 1 amide bonds. The van der Waals surface area contributed by atoms with Crippen molar-refractivity contribution < 1.29 is 22.4 Å². The van der Waals surface area contributed by atoms with Crippen LogP contribution >= 0.6 is 22.9 Å². The number of sulfonamides is 1. The van der Waals surface area contributed by atoms with E-state index in [1.54, 1.807) is 35.4 Å². The van der Waals surface area contributed by atoms with Gasteiger partial charge in [0.25, 0.3) is 0 Å². The van der Waals surface area contributed by atoms with E-state index in [0.29, 0.717) is 34.5 Å². The number of fused-ring (bicyclic) bond motifs is 1. The number of aromatic nitrogens is 1. The van der Waals surface area contributed by atoms with Crippen molar-refractivity contribution in [2.45, 2.75) is 24.3 Å². The highest BCUT2D eigenvalue weighted by molar-refractivity contribution is 7.89. The summed E-state index contributed by atoms with van der Waals surface area (Å²) in [4.78, 5) is 20.2. The number of hydrogen-bond acceptors (Lipinski definition) is 7. The van der Waals surface area contributed by atoms with Crippen LogP contribution in [0.3, 0.4) is 0 Å². The fourth-order valence-corrected chi connectivity index (χ4v) is 6.98. The molecular weight excluding hydrogens is 522 g/mol. The molecule has 1 saturated heterocycles. The predicted octanol–water partition coefficient (Wildman–Crippen LogP) is 5.19. The zero-order valence-electron chi connectivity index (χ0n) is 19.5. The second-order valence-electron chi connectivity index (χ2n) is 8.47. The summed E-state index contributed by atoms with van der Waals surface area (Å²) in [5, 5.41) is 1.16. The van der Waals surface area contributed by atoms with E-state index in [1.807, 2.05) is 18.2 Å². The van der Waals surface area contributed by atoms with Crippen molar-refractivity contribution in [3.05, 3.63) is 71.6 Å². The molecule has 3 heterocycles. The molecule has 8 nitrogen and oxygen atoms in total. The van der Waals surface area contributed by atoms with Gasteiger partial charge in [0.15, 0.2) is 5.13 Å². The molecule has 0 aliphatic carbocycles. The number of methoxy groups -OCH3 is 1. The van der Waals surface area contributed by atoms with Gasteiger partial charge in [-0.15, -0.1) is 0 Å². The first kappa shape index (κ1) is 24.8. The van der Waals surface area contributed by atoms with Crippen LogP contribution in [0.2, 0.25) is 5.02 Å². The van der Waals surface area contributed by atoms with Crippen molar-refractivity contribution in [2.75, 3.05) is 25.1 Å². The summed E-state index contributed by atoms with van der Waals surface area (Å²) in [5.74, 6) is 0.795. The number of thiazole rings is 1. The summed E-state index contributed by atoms with van der Waals surface area (Å²) in [6, 6.07) is 15.3. The molecule has 0 N–H and O–H groups in total. The van der Waals surface area contributed by atoms with E-state index >= 15 is 0 Å². The summed E-state index contributed by atoms with van der Waals surface area (Å²) in [7, 11) is -2.12. The number of amides is 1. The Morgan fingerprint density at radius 3 is 2.61 bits per heavy atom. The number of rotatable bonds is 7. The van der Waals surface area contributed by atoms with Crippen molar-refractivity contribution in [2.24, 2.45) is 5.92 Å². The number of anilines is 1. The van der Waals surface area contributed by atoms with Crippen LogP contribution in [0.15, 0.2) is 70.2 Å². The van der Waals surface area contributed by atoms with Gasteiger partial charge in [0.2, 0.25) is 15.9 Å². The highest BCUT2D eigenvalue weighted by atomic mass is 35.5. The molecule has 0 saturated carbocycles. The Morgan fingerprint density at radius 1 is 1.19 bits per heavy atom. The third-order valence-corrected chi connectivity index (χ3v) is 9.42. The lowest BCUT2D eigenvalue weighted by atomic mass is 9.96. The molecule has 2 aromatic heterocycles. The van der Waals surface area contributed by atoms with Crippen molar-refractivity contribution in [1.82, 2.24) is 9.29 Å². The lowest BCUT2D eigenvalue weighted by molar-refractivity contribution is -0.123. The van der Waals surface area contributed by atoms with Crippen molar-refractivity contribution >= 4 is 54.2 Å². The zero-order valence-corrected chi connectivity index (χ0v) is 21.9. The van der Waals surface area contributed by atoms with E-state index in [2.05, 4.69) is 4.98 Å². The Balaban J connectivity index is 1.34. The summed E-state index contributed by atoms with van der Waals surface area (Å²) < 4.78 is 39.2. The Kier molecular flexibility index (Phi) is 7.03. The van der Waals surface area contributed by atoms with E-state index in [-0.39, 0.29) is 36.4 Å². The third-order valence-electron chi connectivity index (χ3n) is 6.23. The number of furan rings is 1. The Labute approximate surface area is 218 Å². The van der Waals surface area contributed by atoms with Gasteiger partial charge in [-0.1, -0.05) is 22.9 Å². The largest absolute Gasteiger partial charge is 0.497 e. The van der Waals surface area contributed by atoms with Gasteiger partial charge < -0.3 is 9.15 Å². The van der Waals surface area contributed by atoms with Crippen LogP contribution in [-0.4, -0.2) is 43.8 Å². The monoisotopic (exact) mass is 545 g/mol. The van der Waals surface area contributed by atoms with Crippen molar-refractivity contribution in [3.8, 4) is 5.75 Å². The lowest BCUT2D eigenvalue weighted by Crippen LogP contribution is -2.44. The van der Waals surface area contributed by atoms with Gasteiger partial charge in [-0.25, -0.2) is 13.4 Å². The van der Waals surface area contributed by atoms with Crippen molar-refractivity contribution in [1.29, 1.82) is 0 Å². The van der Waals surface area contributed by atoms with Gasteiger partial charge in [-0.05, 0) is 67.4 Å². The highest BCUT2D eigenvalue weighted by Gasteiger charge is 2.35. The molecule has 0 bridgehead atoms. The topological polar surface area (TPSA) is 93.0 Å². The number of carbonyl (C=O) groups is 1. The first-order chi connectivity index (χ1) is 17.3. The molecule has 0 unspecified atom stereocenters. The molecular formula is C25H24ClN3O5S2. The number of hydrogen-bond donors (Lipinski definition) is 0. The van der Waals surface area contributed by atoms with E-state index in [0.717, 1.165) is 10.2 Å². The maximum absolute atomic E-state index is 13.7. The van der Waals surface area contributed by atoms with Gasteiger partial charge in [0.05, 0.1) is 35.0 Å². The zero-order chi connectivity index (χ0) is 25.3. The van der Waals surface area contributed by atoms with Crippen LogP contribution in [0, 0.1) is 5.92 Å². The van der Waals surface area contributed by atoms with Crippen molar-refractivity contribution in [3.63, 3.8) is 0 Å². The molecule has 188 valence electrons. The minimum absolute atomic E-state index is 0.0990. The molecule has 36 heavy (non-hydrogen) atoms. The molecule has 0 radical (unpaired) electrons. The van der Waals surface area contributed by atoms with Gasteiger partial charge in [0, 0.05) is 24.0 Å². The van der Waals surface area contributed by atoms with Gasteiger partial charge in [-0.3, -0.25) is 9.69 Å². The number of piperidine rings is 1. The van der Waals surface area contributed by atoms with Crippen LogP contribution < -0.4 is 9.64 Å². The number of carbonyl (C=O) groups excluding carboxylic acids is 1. The standard InChI is InChI=1S/C25H24ClN3O5S2/c1-33-19-5-7-21(8-6-19)36(31,32)28-12-10-17(11-13-28)24(30)29(16-20-3-2-14-34-20)25-27-22-9-4-18(26)15-23(22)35-25/h2-9,14-15,17H,10-13,16H2,1H3. The lowest BCUT2D eigenvalue weighted by Gasteiger charge is -2.32. The Hall–Kier alpha value is -2.92. The normalized spacial score (nSPS) is 15.3. The maximum Gasteiger partial charge on any atom is 0.243 e. The highest BCUT2D eigenvalue weighted by Crippen LogP contribution is 2.34. The molecule has 1 aliphatic heterocycles. The van der Waals surface area contributed by atoms with E-state index in [4.69, 9.17) is 20.8 Å². The van der Waals surface area contributed by atoms with Gasteiger partial charge >= 0.3 is 0 Å². The summed E-state index contributed by atoms with van der Waals surface area (Å²) in [6.45, 7) is 0.757. The number of benzene rings is 2. The predicted molar refractivity (Wildman–Crippen MR) is 139 cm³/mol. The minimum atomic E-state index is -3.66. The second kappa shape index (κ2) is 10.2. The average molecular weight is 546 g/mol. The van der Waals surface area contributed by atoms with Gasteiger partial charge in [0.1, 0.15) is 11.5 Å². The number of nitrogens with zero attached hydrogens (tertiary/aromatic N) is 3. The molecule has 5 rings (SSSR count). The molecule has 2 aromatic carbocycles. The smallest absolute Gasteiger partial charge is 0.243 e. The fraction of sp³-hybridized carbons (Fsp3) is 0.280. The maximum atomic E-state index is 13.7. The summed E-state index contributed by atoms with van der Waals surface area (Å²) in [5.41, 5.74) is 0.761. The first-order valence-electron chi connectivity index (χ1n) is 11.4. The third kappa shape index (κ3) is 4.99. The summed E-state index contributed by atoms with van der Waals surface area (Å²) in [6.07, 6.45) is 2.40. The van der Waals surface area contributed by atoms with Crippen LogP contribution in [-0.2, 0) is 21.4 Å². The van der Waals surface area contributed by atoms with Crippen LogP contribution in [0.5, 0.6) is 5.75 Å². The Morgan fingerprint density at radius 2 is 1.94 bits per heavy atom. The number of halogens is 1. The molecule has 0 atom stereocenters. The van der Waals surface area contributed by atoms with E-state index in [9.17, 15) is 13.2 Å². The summed E-state index contributed by atoms with van der Waals surface area (Å²) >= 11 is 7.53. The molecule has 0 spiro atoms. The van der Waals surface area contributed by atoms with E-state index in [1.165, 1.54) is 34.9 Å². The van der Waals surface area contributed by atoms with Gasteiger partial charge in [-0.2, -0.15) is 4.31 Å². The first-order valence-corrected chi connectivity index (χ1v) is 14.0. The fourth-order valence-electron chi connectivity index (χ4n) is 4.26. The quantitative estimate of drug-likeness (QED) is 0.317. The Bertz CT molecular complexity index is 1460. The molecule has 11 heteroatoms. The van der Waals surface area contributed by atoms with Crippen LogP contribution in [0.25, 0.3) is 10.2 Å². The number of ether oxygens (including phenoxy) is 1. The average Bonchev–Trinajstić information content (AvgIpc) is 3.56. The van der Waals surface area contributed by atoms with Crippen LogP contribution in [0.1, 0.15) is 18.6 Å².